The van der Waals surface area contributed by atoms with Gasteiger partial charge in [-0.3, -0.25) is 0 Å². The monoisotopic (exact) mass is 361 g/mol. The molecule has 0 aliphatic heterocycles. The maximum atomic E-state index is 12.1. The van der Waals surface area contributed by atoms with Crippen LogP contribution in [-0.2, 0) is 12.3 Å². The summed E-state index contributed by atoms with van der Waals surface area (Å²) in [7, 11) is 0. The zero-order chi connectivity index (χ0) is 14.5. The Bertz CT molecular complexity index is 574. The Morgan fingerprint density at radius 1 is 1.25 bits per heavy atom. The van der Waals surface area contributed by atoms with E-state index in [1.807, 2.05) is 31.2 Å². The summed E-state index contributed by atoms with van der Waals surface area (Å²) in [6.45, 7) is 2.54. The molecule has 2 nitrogen and oxygen atoms in total. The molecule has 0 aliphatic carbocycles. The number of nitrogens with one attached hydrogen (secondary N) is 1. The SMILES string of the molecule is Cc1c(Br)cccc1NCc1ccc(CSC(F)F)o1. The van der Waals surface area contributed by atoms with Crippen LogP contribution in [-0.4, -0.2) is 5.76 Å². The molecule has 0 amide bonds. The van der Waals surface area contributed by atoms with Gasteiger partial charge in [-0.05, 0) is 36.8 Å². The lowest BCUT2D eigenvalue weighted by Gasteiger charge is -2.09. The highest BCUT2D eigenvalue weighted by Crippen LogP contribution is 2.25. The van der Waals surface area contributed by atoms with Gasteiger partial charge >= 0.3 is 0 Å². The van der Waals surface area contributed by atoms with Gasteiger partial charge in [0, 0.05) is 10.2 Å². The van der Waals surface area contributed by atoms with Crippen LogP contribution in [0.2, 0.25) is 0 Å². The summed E-state index contributed by atoms with van der Waals surface area (Å²) in [5.41, 5.74) is 2.13. The van der Waals surface area contributed by atoms with Gasteiger partial charge in [0.25, 0.3) is 5.76 Å². The molecule has 1 aromatic carbocycles. The third-order valence-electron chi connectivity index (χ3n) is 2.79. The number of furan rings is 1. The van der Waals surface area contributed by atoms with Gasteiger partial charge in [-0.2, -0.15) is 8.78 Å². The molecule has 20 heavy (non-hydrogen) atoms. The number of rotatable bonds is 6. The Labute approximate surface area is 129 Å². The van der Waals surface area contributed by atoms with Gasteiger partial charge in [0.2, 0.25) is 0 Å². The maximum Gasteiger partial charge on any atom is 0.284 e. The van der Waals surface area contributed by atoms with E-state index in [1.165, 1.54) is 0 Å². The standard InChI is InChI=1S/C14H14BrF2NOS/c1-9-12(15)3-2-4-13(9)18-7-10-5-6-11(19-10)8-20-14(16)17/h2-6,14,18H,7-8H2,1H3. The number of halogens is 3. The number of benzene rings is 1. The summed E-state index contributed by atoms with van der Waals surface area (Å²) in [5, 5.41) is 3.27. The van der Waals surface area contributed by atoms with Crippen LogP contribution in [0, 0.1) is 6.92 Å². The van der Waals surface area contributed by atoms with Crippen molar-refractivity contribution in [3.8, 4) is 0 Å². The Hall–Kier alpha value is -1.01. The molecule has 0 spiro atoms. The number of thioether (sulfide) groups is 1. The first kappa shape index (κ1) is 15.4. The van der Waals surface area contributed by atoms with E-state index in [4.69, 9.17) is 4.42 Å². The molecule has 108 valence electrons. The largest absolute Gasteiger partial charge is 0.463 e. The summed E-state index contributed by atoms with van der Waals surface area (Å²) in [5.74, 6) is -0.883. The quantitative estimate of drug-likeness (QED) is 0.743. The van der Waals surface area contributed by atoms with E-state index in [-0.39, 0.29) is 5.75 Å². The van der Waals surface area contributed by atoms with Crippen molar-refractivity contribution in [2.45, 2.75) is 25.0 Å². The van der Waals surface area contributed by atoms with Crippen LogP contribution >= 0.6 is 27.7 Å². The van der Waals surface area contributed by atoms with Crippen LogP contribution in [0.4, 0.5) is 14.5 Å². The maximum absolute atomic E-state index is 12.1. The molecule has 0 fully saturated rings. The van der Waals surface area contributed by atoms with Crippen LogP contribution in [0.3, 0.4) is 0 Å². The minimum Gasteiger partial charge on any atom is -0.463 e. The fourth-order valence-corrected chi connectivity index (χ4v) is 2.53. The summed E-state index contributed by atoms with van der Waals surface area (Å²) in [6, 6.07) is 9.46. The molecule has 0 saturated carbocycles. The van der Waals surface area contributed by atoms with Crippen LogP contribution in [0.5, 0.6) is 0 Å². The Morgan fingerprint density at radius 2 is 2.00 bits per heavy atom. The van der Waals surface area contributed by atoms with Crippen molar-refractivity contribution in [1.29, 1.82) is 0 Å². The predicted octanol–water partition coefficient (Wildman–Crippen LogP) is 5.42. The van der Waals surface area contributed by atoms with Crippen molar-refractivity contribution in [3.05, 3.63) is 51.9 Å². The first-order valence-electron chi connectivity index (χ1n) is 6.02. The number of alkyl halides is 2. The van der Waals surface area contributed by atoms with Crippen molar-refractivity contribution in [3.63, 3.8) is 0 Å². The van der Waals surface area contributed by atoms with E-state index in [0.717, 1.165) is 21.5 Å². The highest BCUT2D eigenvalue weighted by Gasteiger charge is 2.08. The Balaban J connectivity index is 1.92. The molecule has 0 atom stereocenters. The van der Waals surface area contributed by atoms with Crippen LogP contribution in [0.25, 0.3) is 0 Å². The van der Waals surface area contributed by atoms with Crippen LogP contribution in [0.15, 0.2) is 39.2 Å². The molecule has 0 radical (unpaired) electrons. The summed E-state index contributed by atoms with van der Waals surface area (Å²) < 4.78 is 30.7. The topological polar surface area (TPSA) is 25.2 Å². The van der Waals surface area contributed by atoms with Crippen LogP contribution in [0.1, 0.15) is 17.1 Å². The molecule has 1 N–H and O–H groups in total. The van der Waals surface area contributed by atoms with Gasteiger partial charge in [-0.15, -0.1) is 0 Å². The summed E-state index contributed by atoms with van der Waals surface area (Å²) in [6.07, 6.45) is 0. The fraction of sp³-hybridized carbons (Fsp3) is 0.286. The van der Waals surface area contributed by atoms with Crippen molar-refractivity contribution in [1.82, 2.24) is 0 Å². The zero-order valence-electron chi connectivity index (χ0n) is 10.8. The Morgan fingerprint density at radius 3 is 2.75 bits per heavy atom. The van der Waals surface area contributed by atoms with Gasteiger partial charge in [0.15, 0.2) is 0 Å². The van der Waals surface area contributed by atoms with Gasteiger partial charge in [-0.25, -0.2) is 0 Å². The molecule has 0 saturated heterocycles. The summed E-state index contributed by atoms with van der Waals surface area (Å²) >= 11 is 4.04. The van der Waals surface area contributed by atoms with Gasteiger partial charge in [-0.1, -0.05) is 33.8 Å². The smallest absolute Gasteiger partial charge is 0.284 e. The fourth-order valence-electron chi connectivity index (χ4n) is 1.72. The van der Waals surface area contributed by atoms with Crippen molar-refractivity contribution in [2.75, 3.05) is 5.32 Å². The third kappa shape index (κ3) is 4.24. The molecule has 0 aliphatic rings. The minimum atomic E-state index is -2.37. The van der Waals surface area contributed by atoms with E-state index in [0.29, 0.717) is 24.1 Å². The lowest BCUT2D eigenvalue weighted by molar-refractivity contribution is 0.251. The lowest BCUT2D eigenvalue weighted by atomic mass is 10.2. The van der Waals surface area contributed by atoms with Crippen molar-refractivity contribution in [2.24, 2.45) is 0 Å². The number of anilines is 1. The molecule has 0 unspecified atom stereocenters. The first-order chi connectivity index (χ1) is 9.56. The predicted molar refractivity (Wildman–Crippen MR) is 82.2 cm³/mol. The van der Waals surface area contributed by atoms with Gasteiger partial charge < -0.3 is 9.73 Å². The Kier molecular flexibility index (Phi) is 5.48. The molecule has 2 aromatic rings. The van der Waals surface area contributed by atoms with Gasteiger partial charge in [0.05, 0.1) is 12.3 Å². The average molecular weight is 362 g/mol. The lowest BCUT2D eigenvalue weighted by Crippen LogP contribution is -2.00. The van der Waals surface area contributed by atoms with E-state index in [2.05, 4.69) is 21.2 Å². The van der Waals surface area contributed by atoms with Crippen molar-refractivity contribution < 1.29 is 13.2 Å². The molecular formula is C14H14BrF2NOS. The summed E-state index contributed by atoms with van der Waals surface area (Å²) in [4.78, 5) is 0. The minimum absolute atomic E-state index is 0.188. The molecule has 1 heterocycles. The van der Waals surface area contributed by atoms with Crippen molar-refractivity contribution >= 4 is 33.4 Å². The average Bonchev–Trinajstić information content (AvgIpc) is 2.86. The molecule has 2 rings (SSSR count). The second-order valence-electron chi connectivity index (χ2n) is 4.21. The number of hydrogen-bond acceptors (Lipinski definition) is 3. The third-order valence-corrected chi connectivity index (χ3v) is 4.35. The first-order valence-corrected chi connectivity index (χ1v) is 7.87. The van der Waals surface area contributed by atoms with E-state index in [1.54, 1.807) is 6.07 Å². The van der Waals surface area contributed by atoms with E-state index < -0.39 is 5.76 Å². The van der Waals surface area contributed by atoms with E-state index in [9.17, 15) is 8.78 Å². The second-order valence-corrected chi connectivity index (χ2v) is 6.04. The molecule has 0 bridgehead atoms. The number of hydrogen-bond donors (Lipinski definition) is 1. The molecular weight excluding hydrogens is 348 g/mol. The highest BCUT2D eigenvalue weighted by molar-refractivity contribution is 9.10. The second kappa shape index (κ2) is 7.13. The van der Waals surface area contributed by atoms with Gasteiger partial charge in [0.1, 0.15) is 11.5 Å². The molecule has 6 heteroatoms. The normalized spacial score (nSPS) is 11.1. The zero-order valence-corrected chi connectivity index (χ0v) is 13.2. The van der Waals surface area contributed by atoms with Crippen LogP contribution < -0.4 is 5.32 Å². The highest BCUT2D eigenvalue weighted by atomic mass is 79.9. The van der Waals surface area contributed by atoms with E-state index >= 15 is 0 Å². The molecule has 1 aromatic heterocycles.